The zero-order chi connectivity index (χ0) is 13.9. The van der Waals surface area contributed by atoms with Crippen LogP contribution in [0.2, 0.25) is 5.15 Å². The summed E-state index contributed by atoms with van der Waals surface area (Å²) in [4.78, 5) is 3.90. The topological polar surface area (TPSA) is 48.7 Å². The molecular weight excluding hydrogens is 253 g/mol. The van der Waals surface area contributed by atoms with Crippen molar-refractivity contribution in [3.63, 3.8) is 0 Å². The smallest absolute Gasteiger partial charge is 0.166 e. The monoisotopic (exact) mass is 269 g/mol. The third kappa shape index (κ3) is 3.33. The lowest BCUT2D eigenvalue weighted by Crippen LogP contribution is -2.32. The first-order valence-corrected chi connectivity index (χ1v) is 6.27. The minimum Gasteiger partial charge on any atom is -0.364 e. The van der Waals surface area contributed by atoms with Gasteiger partial charge in [-0.2, -0.15) is 5.26 Å². The maximum absolute atomic E-state index is 13.8. The summed E-state index contributed by atoms with van der Waals surface area (Å²) in [6.07, 6.45) is 0. The number of nitriles is 1. The normalized spacial score (nSPS) is 11.1. The summed E-state index contributed by atoms with van der Waals surface area (Å²) in [5.41, 5.74) is 0.0466. The van der Waals surface area contributed by atoms with Gasteiger partial charge >= 0.3 is 0 Å². The first-order valence-electron chi connectivity index (χ1n) is 5.89. The molecule has 0 amide bonds. The van der Waals surface area contributed by atoms with Crippen molar-refractivity contribution >= 4 is 17.4 Å². The van der Waals surface area contributed by atoms with Crippen LogP contribution in [0, 0.1) is 29.0 Å². The molecule has 18 heavy (non-hydrogen) atoms. The van der Waals surface area contributed by atoms with Gasteiger partial charge in [0.05, 0.1) is 5.56 Å². The number of pyridine rings is 1. The lowest BCUT2D eigenvalue weighted by atomic mass is 9.93. The third-order valence-electron chi connectivity index (χ3n) is 2.79. The van der Waals surface area contributed by atoms with Gasteiger partial charge < -0.3 is 5.32 Å². The Morgan fingerprint density at radius 2 is 1.89 bits per heavy atom. The van der Waals surface area contributed by atoms with Crippen molar-refractivity contribution in [1.82, 2.24) is 4.98 Å². The second kappa shape index (κ2) is 6.01. The summed E-state index contributed by atoms with van der Waals surface area (Å²) >= 11 is 5.80. The molecule has 0 radical (unpaired) electrons. The highest BCUT2D eigenvalue weighted by Gasteiger charge is 2.20. The first kappa shape index (κ1) is 14.7. The van der Waals surface area contributed by atoms with Crippen LogP contribution in [-0.2, 0) is 0 Å². The van der Waals surface area contributed by atoms with Gasteiger partial charge in [0.2, 0.25) is 0 Å². The fourth-order valence-electron chi connectivity index (χ4n) is 1.91. The van der Waals surface area contributed by atoms with Crippen LogP contribution in [0.25, 0.3) is 0 Å². The van der Waals surface area contributed by atoms with Crippen molar-refractivity contribution in [2.75, 3.05) is 5.32 Å². The summed E-state index contributed by atoms with van der Waals surface area (Å²) in [7, 11) is 0. The number of aromatic nitrogens is 1. The number of nitrogens with one attached hydrogen (secondary N) is 1. The molecule has 0 fully saturated rings. The van der Waals surface area contributed by atoms with E-state index in [4.69, 9.17) is 16.9 Å². The van der Waals surface area contributed by atoms with Crippen molar-refractivity contribution in [3.8, 4) is 6.07 Å². The van der Waals surface area contributed by atoms with Crippen LogP contribution in [0.4, 0.5) is 10.2 Å². The molecule has 0 aliphatic carbocycles. The van der Waals surface area contributed by atoms with Gasteiger partial charge in [-0.1, -0.05) is 39.3 Å². The summed E-state index contributed by atoms with van der Waals surface area (Å²) in [5, 5.41) is 11.8. The van der Waals surface area contributed by atoms with Crippen molar-refractivity contribution < 1.29 is 4.39 Å². The van der Waals surface area contributed by atoms with Crippen LogP contribution in [0.5, 0.6) is 0 Å². The zero-order valence-corrected chi connectivity index (χ0v) is 11.7. The minimum atomic E-state index is -0.553. The Morgan fingerprint density at radius 1 is 1.33 bits per heavy atom. The van der Waals surface area contributed by atoms with E-state index in [1.54, 1.807) is 6.07 Å². The second-order valence-electron chi connectivity index (χ2n) is 4.93. The Bertz CT molecular complexity index is 458. The van der Waals surface area contributed by atoms with Crippen molar-refractivity contribution in [3.05, 3.63) is 22.6 Å². The van der Waals surface area contributed by atoms with E-state index in [-0.39, 0.29) is 22.6 Å². The van der Waals surface area contributed by atoms with Crippen LogP contribution in [0.1, 0.15) is 33.3 Å². The Labute approximate surface area is 112 Å². The van der Waals surface area contributed by atoms with E-state index in [1.807, 2.05) is 0 Å². The van der Waals surface area contributed by atoms with E-state index in [1.165, 1.54) is 0 Å². The fraction of sp³-hybridized carbons (Fsp3) is 0.538. The SMILES string of the molecule is CC(C)C(Nc1nc(Cl)c(C#N)cc1F)C(C)C. The maximum atomic E-state index is 13.8. The Hall–Kier alpha value is -1.34. The number of hydrogen-bond acceptors (Lipinski definition) is 3. The van der Waals surface area contributed by atoms with E-state index in [2.05, 4.69) is 38.0 Å². The molecule has 0 atom stereocenters. The fourth-order valence-corrected chi connectivity index (χ4v) is 2.09. The molecule has 98 valence electrons. The van der Waals surface area contributed by atoms with Crippen LogP contribution < -0.4 is 5.32 Å². The highest BCUT2D eigenvalue weighted by Crippen LogP contribution is 2.23. The highest BCUT2D eigenvalue weighted by atomic mass is 35.5. The van der Waals surface area contributed by atoms with Gasteiger partial charge in [0.25, 0.3) is 0 Å². The van der Waals surface area contributed by atoms with Gasteiger partial charge in [-0.3, -0.25) is 0 Å². The van der Waals surface area contributed by atoms with Gasteiger partial charge in [-0.05, 0) is 17.9 Å². The average Bonchev–Trinajstić information content (AvgIpc) is 2.28. The number of nitrogens with zero attached hydrogens (tertiary/aromatic N) is 2. The molecule has 0 aliphatic heterocycles. The molecule has 1 rings (SSSR count). The van der Waals surface area contributed by atoms with E-state index in [0.717, 1.165) is 6.07 Å². The van der Waals surface area contributed by atoms with Gasteiger partial charge in [0.1, 0.15) is 11.2 Å². The molecule has 0 aromatic carbocycles. The highest BCUT2D eigenvalue weighted by molar-refractivity contribution is 6.30. The summed E-state index contributed by atoms with van der Waals surface area (Å²) in [6.45, 7) is 8.23. The van der Waals surface area contributed by atoms with Gasteiger partial charge in [0, 0.05) is 6.04 Å². The molecule has 1 aromatic heterocycles. The minimum absolute atomic E-state index is 0.0210. The lowest BCUT2D eigenvalue weighted by Gasteiger charge is -2.26. The standard InChI is InChI=1S/C13H17ClFN3/c1-7(2)11(8(3)4)17-13-10(15)5-9(6-16)12(14)18-13/h5,7-8,11H,1-4H3,(H,17,18). The molecular formula is C13H17ClFN3. The van der Waals surface area contributed by atoms with Gasteiger partial charge in [-0.25, -0.2) is 9.37 Å². The predicted octanol–water partition coefficient (Wildman–Crippen LogP) is 3.84. The van der Waals surface area contributed by atoms with Crippen LogP contribution in [0.15, 0.2) is 6.07 Å². The summed E-state index contributed by atoms with van der Waals surface area (Å²) in [5.74, 6) is 0.217. The predicted molar refractivity (Wildman–Crippen MR) is 71.0 cm³/mol. The quantitative estimate of drug-likeness (QED) is 0.845. The van der Waals surface area contributed by atoms with Crippen molar-refractivity contribution in [2.24, 2.45) is 11.8 Å². The number of halogens is 2. The molecule has 3 nitrogen and oxygen atoms in total. The zero-order valence-electron chi connectivity index (χ0n) is 11.0. The number of anilines is 1. The molecule has 5 heteroatoms. The number of hydrogen-bond donors (Lipinski definition) is 1. The summed E-state index contributed by atoms with van der Waals surface area (Å²) < 4.78 is 13.8. The molecule has 0 saturated carbocycles. The Balaban J connectivity index is 3.04. The van der Waals surface area contributed by atoms with Crippen molar-refractivity contribution in [1.29, 1.82) is 5.26 Å². The van der Waals surface area contributed by atoms with Gasteiger partial charge in [0.15, 0.2) is 11.6 Å². The first-order chi connectivity index (χ1) is 8.36. The molecule has 0 saturated heterocycles. The van der Waals surface area contributed by atoms with Crippen molar-refractivity contribution in [2.45, 2.75) is 33.7 Å². The van der Waals surface area contributed by atoms with E-state index >= 15 is 0 Å². The molecule has 0 bridgehead atoms. The molecule has 0 unspecified atom stereocenters. The molecule has 1 N–H and O–H groups in total. The van der Waals surface area contributed by atoms with Gasteiger partial charge in [-0.15, -0.1) is 0 Å². The Kier molecular flexibility index (Phi) is 4.92. The lowest BCUT2D eigenvalue weighted by molar-refractivity contribution is 0.410. The van der Waals surface area contributed by atoms with E-state index in [9.17, 15) is 4.39 Å². The maximum Gasteiger partial charge on any atom is 0.166 e. The van der Waals surface area contributed by atoms with E-state index < -0.39 is 5.82 Å². The molecule has 1 heterocycles. The van der Waals surface area contributed by atoms with E-state index in [0.29, 0.717) is 11.8 Å². The van der Waals surface area contributed by atoms with Crippen LogP contribution >= 0.6 is 11.6 Å². The number of rotatable bonds is 4. The Morgan fingerprint density at radius 3 is 2.33 bits per heavy atom. The summed E-state index contributed by atoms with van der Waals surface area (Å²) in [6, 6.07) is 3.00. The largest absolute Gasteiger partial charge is 0.364 e. The average molecular weight is 270 g/mol. The van der Waals surface area contributed by atoms with Crippen LogP contribution in [0.3, 0.4) is 0 Å². The third-order valence-corrected chi connectivity index (χ3v) is 3.08. The second-order valence-corrected chi connectivity index (χ2v) is 5.29. The molecule has 0 spiro atoms. The molecule has 1 aromatic rings. The molecule has 0 aliphatic rings. The van der Waals surface area contributed by atoms with Crippen LogP contribution in [-0.4, -0.2) is 11.0 Å².